The molecule has 0 aliphatic rings. The molecule has 0 fully saturated rings. The summed E-state index contributed by atoms with van der Waals surface area (Å²) in [6.45, 7) is 7.22. The van der Waals surface area contributed by atoms with Crippen molar-refractivity contribution in [1.82, 2.24) is 5.48 Å². The second-order valence-electron chi connectivity index (χ2n) is 2.67. The van der Waals surface area contributed by atoms with E-state index in [1.165, 1.54) is 0 Å². The monoisotopic (exact) mass is 340 g/mol. The largest absolute Gasteiger partial charge is 0.481 e. The normalized spacial score (nSPS) is 7.05. The molecule has 124 valence electrons. The Balaban J connectivity index is -0.0000000512. The Morgan fingerprint density at radius 3 is 1.40 bits per heavy atom. The van der Waals surface area contributed by atoms with Gasteiger partial charge in [-0.3, -0.25) is 14.4 Å². The van der Waals surface area contributed by atoms with Gasteiger partial charge in [0.2, 0.25) is 0 Å². The predicted molar refractivity (Wildman–Crippen MR) is 68.6 cm³/mol. The molecule has 9 nitrogen and oxygen atoms in total. The van der Waals surface area contributed by atoms with E-state index in [-0.39, 0.29) is 17.1 Å². The third kappa shape index (κ3) is 532. The second kappa shape index (κ2) is 30.7. The number of carbonyl (C=O) groups is 3. The molecule has 0 aromatic heterocycles. The number of hydrogen-bond acceptors (Lipinski definition) is 6. The van der Waals surface area contributed by atoms with Gasteiger partial charge in [-0.1, -0.05) is 0 Å². The third-order valence-electron chi connectivity index (χ3n) is 0.493. The third-order valence-corrected chi connectivity index (χ3v) is 0.493. The molecule has 0 aliphatic heterocycles. The maximum Gasteiger partial charge on any atom is 0.300 e. The second-order valence-corrected chi connectivity index (χ2v) is 2.67. The van der Waals surface area contributed by atoms with E-state index in [1.807, 2.05) is 6.92 Å². The van der Waals surface area contributed by atoms with E-state index < -0.39 is 17.9 Å². The number of aliphatic carboxylic acids is 3. The molecule has 0 aromatic carbocycles. The first-order valence-corrected chi connectivity index (χ1v) is 5.24. The van der Waals surface area contributed by atoms with Crippen LogP contribution in [0.5, 0.6) is 0 Å². The average Bonchev–Trinajstić information content (AvgIpc) is 2.15. The van der Waals surface area contributed by atoms with Crippen molar-refractivity contribution >= 4 is 17.9 Å². The van der Waals surface area contributed by atoms with Crippen molar-refractivity contribution in [2.45, 2.75) is 27.7 Å². The summed E-state index contributed by atoms with van der Waals surface area (Å²) in [7, 11) is 0. The van der Waals surface area contributed by atoms with Gasteiger partial charge in [-0.2, -0.15) is 0 Å². The first-order chi connectivity index (χ1) is 8.61. The van der Waals surface area contributed by atoms with E-state index in [9.17, 15) is 0 Å². The molecule has 6 N–H and O–H groups in total. The zero-order valence-corrected chi connectivity index (χ0v) is 13.1. The van der Waals surface area contributed by atoms with Crippen LogP contribution < -0.4 is 11.2 Å². The minimum Gasteiger partial charge on any atom is -0.481 e. The van der Waals surface area contributed by atoms with Gasteiger partial charge in [0.05, 0.1) is 6.61 Å². The molecule has 0 radical (unpaired) electrons. The van der Waals surface area contributed by atoms with Gasteiger partial charge in [0.1, 0.15) is 0 Å². The van der Waals surface area contributed by atoms with Gasteiger partial charge in [0.15, 0.2) is 0 Å². The van der Waals surface area contributed by atoms with Gasteiger partial charge in [-0.15, -0.1) is 0 Å². The van der Waals surface area contributed by atoms with Crippen LogP contribution >= 0.6 is 0 Å². The quantitative estimate of drug-likeness (QED) is 0.264. The number of carboxylic acid groups (broad SMARTS) is 3. The molecule has 0 spiro atoms. The Morgan fingerprint density at radius 2 is 1.25 bits per heavy atom. The van der Waals surface area contributed by atoms with Crippen molar-refractivity contribution in [2.24, 2.45) is 5.73 Å². The molecule has 10 heteroatoms. The number of nitrogens with one attached hydrogen (secondary N) is 1. The summed E-state index contributed by atoms with van der Waals surface area (Å²) in [6, 6.07) is 0. The van der Waals surface area contributed by atoms with E-state index in [2.05, 4.69) is 5.48 Å². The molecule has 0 bridgehead atoms. The summed E-state index contributed by atoms with van der Waals surface area (Å²) >= 11 is 0. The van der Waals surface area contributed by atoms with Crippen molar-refractivity contribution in [3.05, 3.63) is 0 Å². The van der Waals surface area contributed by atoms with Crippen molar-refractivity contribution < 1.29 is 51.6 Å². The van der Waals surface area contributed by atoms with Gasteiger partial charge in [0.25, 0.3) is 17.9 Å². The summed E-state index contributed by atoms with van der Waals surface area (Å²) in [5.41, 5.74) is 7.79. The van der Waals surface area contributed by atoms with Crippen molar-refractivity contribution in [3.8, 4) is 0 Å². The Labute approximate surface area is 128 Å². The fourth-order valence-corrected chi connectivity index (χ4v) is 0.233. The molecule has 0 atom stereocenters. The summed E-state index contributed by atoms with van der Waals surface area (Å²) in [5, 5.41) is 22.2. The van der Waals surface area contributed by atoms with Crippen LogP contribution in [0.4, 0.5) is 0 Å². The van der Waals surface area contributed by atoms with Crippen LogP contribution in [0.25, 0.3) is 0 Å². The molecule has 0 aromatic rings. The SMILES string of the molecule is CC(=O)O.CC(=O)O.CC(=O)O.CCONCCN.[Fe]. The first kappa shape index (κ1) is 31.3. The van der Waals surface area contributed by atoms with Crippen molar-refractivity contribution in [3.63, 3.8) is 0 Å². The zero-order valence-electron chi connectivity index (χ0n) is 12.0. The van der Waals surface area contributed by atoms with Gasteiger partial charge < -0.3 is 25.9 Å². The van der Waals surface area contributed by atoms with Crippen molar-refractivity contribution in [2.75, 3.05) is 19.7 Å². The molecule has 0 heterocycles. The van der Waals surface area contributed by atoms with Gasteiger partial charge >= 0.3 is 0 Å². The Kier molecular flexibility index (Phi) is 48.0. The number of nitrogens with two attached hydrogens (primary N) is 1. The topological polar surface area (TPSA) is 159 Å². The van der Waals surface area contributed by atoms with E-state index in [4.69, 9.17) is 40.3 Å². The minimum absolute atomic E-state index is 0. The smallest absolute Gasteiger partial charge is 0.300 e. The summed E-state index contributed by atoms with van der Waals surface area (Å²) in [5.74, 6) is -2.50. The fraction of sp³-hybridized carbons (Fsp3) is 0.700. The van der Waals surface area contributed by atoms with Crippen LogP contribution in [0.1, 0.15) is 27.7 Å². The summed E-state index contributed by atoms with van der Waals surface area (Å²) < 4.78 is 0. The summed E-state index contributed by atoms with van der Waals surface area (Å²) in [6.07, 6.45) is 0. The Hall–Kier alpha value is -1.19. The maximum atomic E-state index is 9.00. The molecule has 0 unspecified atom stereocenters. The molecule has 0 saturated carbocycles. The molecular weight excluding hydrogens is 316 g/mol. The molecular formula is C10H24FeN2O7. The van der Waals surface area contributed by atoms with Crippen LogP contribution in [0, 0.1) is 0 Å². The molecule has 0 saturated heterocycles. The van der Waals surface area contributed by atoms with E-state index in [1.54, 1.807) is 0 Å². The first-order valence-electron chi connectivity index (χ1n) is 5.24. The van der Waals surface area contributed by atoms with Gasteiger partial charge in [-0.05, 0) is 6.92 Å². The van der Waals surface area contributed by atoms with Crippen LogP contribution in [-0.4, -0.2) is 52.9 Å². The number of rotatable bonds is 4. The average molecular weight is 340 g/mol. The van der Waals surface area contributed by atoms with Gasteiger partial charge in [0, 0.05) is 50.9 Å². The maximum absolute atomic E-state index is 9.00. The van der Waals surface area contributed by atoms with E-state index in [0.29, 0.717) is 13.2 Å². The molecule has 20 heavy (non-hydrogen) atoms. The van der Waals surface area contributed by atoms with Crippen LogP contribution in [0.3, 0.4) is 0 Å². The Morgan fingerprint density at radius 1 is 1.00 bits per heavy atom. The molecule has 0 amide bonds. The number of hydroxylamine groups is 1. The van der Waals surface area contributed by atoms with E-state index >= 15 is 0 Å². The van der Waals surface area contributed by atoms with E-state index in [0.717, 1.165) is 27.3 Å². The Bertz CT molecular complexity index is 183. The number of hydrogen-bond donors (Lipinski definition) is 5. The van der Waals surface area contributed by atoms with Crippen LogP contribution in [0.15, 0.2) is 0 Å². The van der Waals surface area contributed by atoms with Gasteiger partial charge in [-0.25, -0.2) is 5.48 Å². The zero-order chi connectivity index (χ0) is 16.3. The number of carboxylic acids is 3. The van der Waals surface area contributed by atoms with Crippen molar-refractivity contribution in [1.29, 1.82) is 0 Å². The molecule has 0 rings (SSSR count). The predicted octanol–water partition coefficient (Wildman–Crippen LogP) is -0.244. The minimum atomic E-state index is -0.833. The van der Waals surface area contributed by atoms with Crippen LogP contribution in [-0.2, 0) is 36.3 Å². The standard InChI is InChI=1S/C4H12N2O.3C2H4O2.Fe/c1-2-7-6-4-3-5;3*1-2(3)4;/h6H,2-5H2,1H3;3*1H3,(H,3,4);. The summed E-state index contributed by atoms with van der Waals surface area (Å²) in [4.78, 5) is 31.7. The molecule has 0 aliphatic carbocycles. The fourth-order valence-electron chi connectivity index (χ4n) is 0.233. The van der Waals surface area contributed by atoms with Crippen LogP contribution in [0.2, 0.25) is 0 Å².